The fourth-order valence-corrected chi connectivity index (χ4v) is 1.30. The molecule has 0 aliphatic heterocycles. The molecule has 0 amide bonds. The number of alkyl halides is 3. The molecule has 1 heterocycles. The monoisotopic (exact) mass is 249 g/mol. The van der Waals surface area contributed by atoms with E-state index in [4.69, 9.17) is 0 Å². The minimum Gasteiger partial charge on any atom is -0.302 e. The molecule has 0 saturated heterocycles. The molecule has 0 saturated carbocycles. The van der Waals surface area contributed by atoms with Crippen molar-refractivity contribution < 1.29 is 18.0 Å². The largest absolute Gasteiger partial charge is 0.401 e. The molecular weight excluding hydrogens is 235 g/mol. The third kappa shape index (κ3) is 5.48. The Morgan fingerprint density at radius 3 is 2.76 bits per heavy atom. The second-order valence-corrected chi connectivity index (χ2v) is 3.64. The number of aromatic nitrogens is 2. The molecule has 0 unspecified atom stereocenters. The lowest BCUT2D eigenvalue weighted by atomic mass is 10.2. The summed E-state index contributed by atoms with van der Waals surface area (Å²) < 4.78 is 37.0. The lowest BCUT2D eigenvalue weighted by molar-refractivity contribution is -0.127. The Labute approximate surface area is 96.8 Å². The highest BCUT2D eigenvalue weighted by Crippen LogP contribution is 2.11. The molecule has 0 fully saturated rings. The minimum atomic E-state index is -4.28. The van der Waals surface area contributed by atoms with Crippen molar-refractivity contribution in [2.45, 2.75) is 26.1 Å². The van der Waals surface area contributed by atoms with E-state index in [0.717, 1.165) is 0 Å². The van der Waals surface area contributed by atoms with E-state index in [0.29, 0.717) is 12.1 Å². The van der Waals surface area contributed by atoms with Gasteiger partial charge < -0.3 is 5.32 Å². The van der Waals surface area contributed by atoms with Crippen LogP contribution < -0.4 is 5.32 Å². The normalized spacial score (nSPS) is 11.8. The van der Waals surface area contributed by atoms with E-state index in [1.807, 2.05) is 6.92 Å². The number of ketones is 1. The molecule has 0 radical (unpaired) electrons. The quantitative estimate of drug-likeness (QED) is 0.823. The highest BCUT2D eigenvalue weighted by Gasteiger charge is 2.26. The van der Waals surface area contributed by atoms with Crippen LogP contribution in [-0.4, -0.2) is 34.8 Å². The van der Waals surface area contributed by atoms with Crippen LogP contribution in [0.15, 0.2) is 12.4 Å². The number of rotatable bonds is 6. The maximum absolute atomic E-state index is 11.8. The molecular formula is C10H14F3N3O. The summed E-state index contributed by atoms with van der Waals surface area (Å²) in [5.74, 6) is -0.287. The zero-order chi connectivity index (χ0) is 12.9. The SMILES string of the molecule is CCn1cc(CC(=O)CNCC(F)(F)F)cn1. The first-order valence-electron chi connectivity index (χ1n) is 5.21. The lowest BCUT2D eigenvalue weighted by Crippen LogP contribution is -2.33. The Bertz CT molecular complexity index is 373. The van der Waals surface area contributed by atoms with E-state index in [1.54, 1.807) is 17.1 Å². The van der Waals surface area contributed by atoms with Gasteiger partial charge in [-0.2, -0.15) is 18.3 Å². The maximum Gasteiger partial charge on any atom is 0.401 e. The van der Waals surface area contributed by atoms with Gasteiger partial charge in [-0.05, 0) is 12.5 Å². The van der Waals surface area contributed by atoms with Crippen molar-refractivity contribution in [2.75, 3.05) is 13.1 Å². The zero-order valence-corrected chi connectivity index (χ0v) is 9.42. The molecule has 0 aliphatic rings. The summed E-state index contributed by atoms with van der Waals surface area (Å²) in [4.78, 5) is 11.3. The van der Waals surface area contributed by atoms with Gasteiger partial charge in [0.1, 0.15) is 0 Å². The van der Waals surface area contributed by atoms with Crippen LogP contribution in [0.2, 0.25) is 0 Å². The predicted octanol–water partition coefficient (Wildman–Crippen LogP) is 1.17. The number of Topliss-reactive ketones (excluding diaryl/α,β-unsaturated/α-hetero) is 1. The predicted molar refractivity (Wildman–Crippen MR) is 55.5 cm³/mol. The van der Waals surface area contributed by atoms with Crippen LogP contribution in [0.5, 0.6) is 0 Å². The van der Waals surface area contributed by atoms with Crippen LogP contribution in [0.3, 0.4) is 0 Å². The van der Waals surface area contributed by atoms with Crippen LogP contribution in [0.25, 0.3) is 0 Å². The number of carbonyl (C=O) groups excluding carboxylic acids is 1. The number of halogens is 3. The van der Waals surface area contributed by atoms with Crippen molar-refractivity contribution in [1.82, 2.24) is 15.1 Å². The molecule has 96 valence electrons. The lowest BCUT2D eigenvalue weighted by Gasteiger charge is -2.06. The van der Waals surface area contributed by atoms with Crippen LogP contribution >= 0.6 is 0 Å². The van der Waals surface area contributed by atoms with Gasteiger partial charge in [-0.3, -0.25) is 9.48 Å². The topological polar surface area (TPSA) is 46.9 Å². The number of carbonyl (C=O) groups is 1. The summed E-state index contributed by atoms with van der Waals surface area (Å²) >= 11 is 0. The number of nitrogens with zero attached hydrogens (tertiary/aromatic N) is 2. The molecule has 17 heavy (non-hydrogen) atoms. The standard InChI is InChI=1S/C10H14F3N3O/c1-2-16-6-8(4-15-16)3-9(17)5-14-7-10(11,12)13/h4,6,14H,2-3,5,7H2,1H3. The van der Waals surface area contributed by atoms with Gasteiger partial charge in [-0.25, -0.2) is 0 Å². The van der Waals surface area contributed by atoms with E-state index < -0.39 is 12.7 Å². The van der Waals surface area contributed by atoms with Crippen molar-refractivity contribution in [2.24, 2.45) is 0 Å². The second kappa shape index (κ2) is 5.81. The van der Waals surface area contributed by atoms with Crippen molar-refractivity contribution in [3.05, 3.63) is 18.0 Å². The second-order valence-electron chi connectivity index (χ2n) is 3.64. The molecule has 1 aromatic rings. The molecule has 1 N–H and O–H groups in total. The molecule has 4 nitrogen and oxygen atoms in total. The number of aryl methyl sites for hydroxylation is 1. The van der Waals surface area contributed by atoms with Gasteiger partial charge in [0.2, 0.25) is 0 Å². The van der Waals surface area contributed by atoms with Gasteiger partial charge in [0.25, 0.3) is 0 Å². The average molecular weight is 249 g/mol. The van der Waals surface area contributed by atoms with Crippen LogP contribution in [0, 0.1) is 0 Å². The highest BCUT2D eigenvalue weighted by atomic mass is 19.4. The van der Waals surface area contributed by atoms with Crippen LogP contribution in [0.1, 0.15) is 12.5 Å². The van der Waals surface area contributed by atoms with Crippen LogP contribution in [-0.2, 0) is 17.8 Å². The molecule has 1 aromatic heterocycles. The van der Waals surface area contributed by atoms with E-state index in [9.17, 15) is 18.0 Å². The third-order valence-corrected chi connectivity index (χ3v) is 2.06. The first-order chi connectivity index (χ1) is 7.90. The maximum atomic E-state index is 11.8. The van der Waals surface area contributed by atoms with Gasteiger partial charge in [0.05, 0.1) is 19.3 Å². The molecule has 0 atom stereocenters. The number of hydrogen-bond donors (Lipinski definition) is 1. The van der Waals surface area contributed by atoms with Crippen molar-refractivity contribution in [1.29, 1.82) is 0 Å². The zero-order valence-electron chi connectivity index (χ0n) is 9.42. The van der Waals surface area contributed by atoms with E-state index in [2.05, 4.69) is 10.4 Å². The average Bonchev–Trinajstić information content (AvgIpc) is 2.63. The van der Waals surface area contributed by atoms with Crippen molar-refractivity contribution in [3.63, 3.8) is 0 Å². The van der Waals surface area contributed by atoms with Gasteiger partial charge >= 0.3 is 6.18 Å². The Kier molecular flexibility index (Phi) is 4.68. The van der Waals surface area contributed by atoms with E-state index in [-0.39, 0.29) is 18.7 Å². The van der Waals surface area contributed by atoms with Crippen molar-refractivity contribution >= 4 is 5.78 Å². The van der Waals surface area contributed by atoms with E-state index >= 15 is 0 Å². The summed E-state index contributed by atoms with van der Waals surface area (Å²) in [6, 6.07) is 0. The van der Waals surface area contributed by atoms with Gasteiger partial charge in [0, 0.05) is 19.2 Å². The molecule has 0 aromatic carbocycles. The first-order valence-corrected chi connectivity index (χ1v) is 5.21. The van der Waals surface area contributed by atoms with E-state index in [1.165, 1.54) is 0 Å². The van der Waals surface area contributed by atoms with Gasteiger partial charge in [0.15, 0.2) is 5.78 Å². The summed E-state index contributed by atoms with van der Waals surface area (Å²) in [7, 11) is 0. The Hall–Kier alpha value is -1.37. The van der Waals surface area contributed by atoms with Gasteiger partial charge in [-0.1, -0.05) is 0 Å². The molecule has 1 rings (SSSR count). The molecule has 0 spiro atoms. The number of hydrogen-bond acceptors (Lipinski definition) is 3. The Morgan fingerprint density at radius 1 is 1.53 bits per heavy atom. The van der Waals surface area contributed by atoms with Gasteiger partial charge in [-0.15, -0.1) is 0 Å². The smallest absolute Gasteiger partial charge is 0.302 e. The molecule has 0 aliphatic carbocycles. The van der Waals surface area contributed by atoms with Crippen LogP contribution in [0.4, 0.5) is 13.2 Å². The highest BCUT2D eigenvalue weighted by molar-refractivity contribution is 5.82. The Morgan fingerprint density at radius 2 is 2.24 bits per heavy atom. The summed E-state index contributed by atoms with van der Waals surface area (Å²) in [5, 5.41) is 6.04. The first kappa shape index (κ1) is 13.7. The summed E-state index contributed by atoms with van der Waals surface area (Å²) in [6.45, 7) is 1.17. The van der Waals surface area contributed by atoms with Crippen molar-refractivity contribution in [3.8, 4) is 0 Å². The number of nitrogens with one attached hydrogen (secondary N) is 1. The fourth-order valence-electron chi connectivity index (χ4n) is 1.30. The Balaban J connectivity index is 2.30. The summed E-state index contributed by atoms with van der Waals surface area (Å²) in [5.41, 5.74) is 0.714. The summed E-state index contributed by atoms with van der Waals surface area (Å²) in [6.07, 6.45) is -0.926. The molecule has 7 heteroatoms. The minimum absolute atomic E-state index is 0.102. The fraction of sp³-hybridized carbons (Fsp3) is 0.600. The molecule has 0 bridgehead atoms. The third-order valence-electron chi connectivity index (χ3n) is 2.06.